The van der Waals surface area contributed by atoms with E-state index in [1.54, 1.807) is 31.4 Å². The summed E-state index contributed by atoms with van der Waals surface area (Å²) in [5.41, 5.74) is 3.20. The predicted molar refractivity (Wildman–Crippen MR) is 116 cm³/mol. The highest BCUT2D eigenvalue weighted by atomic mass is 16.5. The van der Waals surface area contributed by atoms with E-state index in [0.29, 0.717) is 17.8 Å². The summed E-state index contributed by atoms with van der Waals surface area (Å²) in [6.07, 6.45) is 0. The largest absolute Gasteiger partial charge is 0.497 e. The van der Waals surface area contributed by atoms with Crippen molar-refractivity contribution >= 4 is 23.1 Å². The third-order valence-electron chi connectivity index (χ3n) is 4.54. The van der Waals surface area contributed by atoms with Crippen LogP contribution >= 0.6 is 0 Å². The second-order valence-corrected chi connectivity index (χ2v) is 6.72. The molecule has 0 spiro atoms. The lowest BCUT2D eigenvalue weighted by Gasteiger charge is -2.25. The van der Waals surface area contributed by atoms with Gasteiger partial charge in [0.25, 0.3) is 0 Å². The van der Waals surface area contributed by atoms with Crippen LogP contribution in [0.5, 0.6) is 5.75 Å². The third kappa shape index (κ3) is 5.69. The van der Waals surface area contributed by atoms with Gasteiger partial charge in [0.2, 0.25) is 5.91 Å². The standard InChI is InChI=1S/C24H24N2O3/c1-18(27)20-9-6-10-21(15-20)25-24(28)17-26(16-19-7-4-3-5-8-19)22-11-13-23(29-2)14-12-22/h3-15H,16-17H2,1-2H3,(H,25,28). The highest BCUT2D eigenvalue weighted by Crippen LogP contribution is 2.21. The minimum Gasteiger partial charge on any atom is -0.497 e. The van der Waals surface area contributed by atoms with Crippen molar-refractivity contribution in [1.29, 1.82) is 0 Å². The summed E-state index contributed by atoms with van der Waals surface area (Å²) in [6, 6.07) is 24.6. The molecule has 5 heteroatoms. The fourth-order valence-corrected chi connectivity index (χ4v) is 3.03. The highest BCUT2D eigenvalue weighted by molar-refractivity contribution is 5.98. The molecule has 0 saturated heterocycles. The van der Waals surface area contributed by atoms with Crippen molar-refractivity contribution in [2.24, 2.45) is 0 Å². The average Bonchev–Trinajstić information content (AvgIpc) is 2.74. The number of benzene rings is 3. The molecule has 0 heterocycles. The Morgan fingerprint density at radius 2 is 1.66 bits per heavy atom. The van der Waals surface area contributed by atoms with Gasteiger partial charge in [0.05, 0.1) is 13.7 Å². The summed E-state index contributed by atoms with van der Waals surface area (Å²) in [5, 5.41) is 2.89. The number of ketones is 1. The predicted octanol–water partition coefficient (Wildman–Crippen LogP) is 4.54. The highest BCUT2D eigenvalue weighted by Gasteiger charge is 2.13. The molecule has 1 amide bonds. The zero-order valence-electron chi connectivity index (χ0n) is 16.6. The molecule has 0 unspecified atom stereocenters. The first kappa shape index (κ1) is 20.1. The van der Waals surface area contributed by atoms with Gasteiger partial charge in [0.15, 0.2) is 5.78 Å². The lowest BCUT2D eigenvalue weighted by atomic mass is 10.1. The van der Waals surface area contributed by atoms with Crippen LogP contribution in [0.3, 0.4) is 0 Å². The molecule has 0 aliphatic heterocycles. The van der Waals surface area contributed by atoms with Gasteiger partial charge in [0.1, 0.15) is 5.75 Å². The van der Waals surface area contributed by atoms with E-state index in [4.69, 9.17) is 4.74 Å². The molecule has 3 aromatic rings. The van der Waals surface area contributed by atoms with Crippen LogP contribution in [0, 0.1) is 0 Å². The third-order valence-corrected chi connectivity index (χ3v) is 4.54. The fraction of sp³-hybridized carbons (Fsp3) is 0.167. The first-order valence-electron chi connectivity index (χ1n) is 9.39. The summed E-state index contributed by atoms with van der Waals surface area (Å²) in [6.45, 7) is 2.27. The maximum Gasteiger partial charge on any atom is 0.243 e. The van der Waals surface area contributed by atoms with E-state index in [2.05, 4.69) is 5.32 Å². The van der Waals surface area contributed by atoms with Gasteiger partial charge in [-0.3, -0.25) is 9.59 Å². The molecular weight excluding hydrogens is 364 g/mol. The van der Waals surface area contributed by atoms with Crippen LogP contribution in [0.2, 0.25) is 0 Å². The Morgan fingerprint density at radius 3 is 2.31 bits per heavy atom. The van der Waals surface area contributed by atoms with Crippen molar-refractivity contribution < 1.29 is 14.3 Å². The lowest BCUT2D eigenvalue weighted by molar-refractivity contribution is -0.115. The number of hydrogen-bond acceptors (Lipinski definition) is 4. The van der Waals surface area contributed by atoms with Gasteiger partial charge in [-0.25, -0.2) is 0 Å². The number of anilines is 2. The molecule has 1 N–H and O–H groups in total. The second kappa shape index (κ2) is 9.55. The van der Waals surface area contributed by atoms with Crippen LogP contribution in [-0.2, 0) is 11.3 Å². The smallest absolute Gasteiger partial charge is 0.243 e. The van der Waals surface area contributed by atoms with E-state index in [0.717, 1.165) is 17.0 Å². The molecule has 0 saturated carbocycles. The van der Waals surface area contributed by atoms with Crippen molar-refractivity contribution in [1.82, 2.24) is 0 Å². The van der Waals surface area contributed by atoms with Crippen molar-refractivity contribution in [3.8, 4) is 5.75 Å². The molecule has 0 aliphatic carbocycles. The summed E-state index contributed by atoms with van der Waals surface area (Å²) in [7, 11) is 1.62. The number of ether oxygens (including phenoxy) is 1. The Bertz CT molecular complexity index is 969. The Hall–Kier alpha value is -3.60. The Labute approximate surface area is 170 Å². The van der Waals surface area contributed by atoms with Crippen LogP contribution in [-0.4, -0.2) is 25.3 Å². The van der Waals surface area contributed by atoms with Crippen LogP contribution < -0.4 is 15.0 Å². The fourth-order valence-electron chi connectivity index (χ4n) is 3.03. The van der Waals surface area contributed by atoms with Crippen molar-refractivity contribution in [2.45, 2.75) is 13.5 Å². The minimum absolute atomic E-state index is 0.0370. The van der Waals surface area contributed by atoms with E-state index in [9.17, 15) is 9.59 Å². The van der Waals surface area contributed by atoms with Crippen molar-refractivity contribution in [3.05, 3.63) is 90.0 Å². The van der Waals surface area contributed by atoms with E-state index >= 15 is 0 Å². The molecule has 148 valence electrons. The van der Waals surface area contributed by atoms with E-state index in [-0.39, 0.29) is 18.2 Å². The average molecular weight is 388 g/mol. The van der Waals surface area contributed by atoms with Crippen LogP contribution in [0.4, 0.5) is 11.4 Å². The number of amides is 1. The zero-order chi connectivity index (χ0) is 20.6. The number of hydrogen-bond donors (Lipinski definition) is 1. The Morgan fingerprint density at radius 1 is 0.931 bits per heavy atom. The molecule has 3 rings (SSSR count). The van der Waals surface area contributed by atoms with Gasteiger partial charge in [-0.1, -0.05) is 42.5 Å². The van der Waals surface area contributed by atoms with Gasteiger partial charge >= 0.3 is 0 Å². The quantitative estimate of drug-likeness (QED) is 0.576. The van der Waals surface area contributed by atoms with Gasteiger partial charge in [0, 0.05) is 23.5 Å². The van der Waals surface area contributed by atoms with Gasteiger partial charge in [-0.2, -0.15) is 0 Å². The first-order valence-corrected chi connectivity index (χ1v) is 9.39. The van der Waals surface area contributed by atoms with Gasteiger partial charge in [-0.15, -0.1) is 0 Å². The summed E-state index contributed by atoms with van der Waals surface area (Å²) < 4.78 is 5.23. The van der Waals surface area contributed by atoms with Crippen LogP contribution in [0.1, 0.15) is 22.8 Å². The maximum atomic E-state index is 12.7. The molecule has 0 fully saturated rings. The van der Waals surface area contributed by atoms with Crippen molar-refractivity contribution in [2.75, 3.05) is 23.9 Å². The zero-order valence-corrected chi connectivity index (χ0v) is 16.6. The molecule has 0 bridgehead atoms. The lowest BCUT2D eigenvalue weighted by Crippen LogP contribution is -2.33. The monoisotopic (exact) mass is 388 g/mol. The Balaban J connectivity index is 1.77. The molecule has 0 radical (unpaired) electrons. The maximum absolute atomic E-state index is 12.7. The van der Waals surface area contributed by atoms with E-state index in [1.807, 2.05) is 59.5 Å². The van der Waals surface area contributed by atoms with Crippen LogP contribution in [0.15, 0.2) is 78.9 Å². The van der Waals surface area contributed by atoms with Gasteiger partial charge in [-0.05, 0) is 48.9 Å². The van der Waals surface area contributed by atoms with Gasteiger partial charge < -0.3 is 15.0 Å². The molecule has 3 aromatic carbocycles. The summed E-state index contributed by atoms with van der Waals surface area (Å²) in [4.78, 5) is 26.3. The number of rotatable bonds is 8. The molecule has 0 atom stereocenters. The molecule has 0 aromatic heterocycles. The minimum atomic E-state index is -0.155. The molecular formula is C24H24N2O3. The summed E-state index contributed by atoms with van der Waals surface area (Å²) in [5.74, 6) is 0.571. The summed E-state index contributed by atoms with van der Waals surface area (Å²) >= 11 is 0. The SMILES string of the molecule is COc1ccc(N(CC(=O)Nc2cccc(C(C)=O)c2)Cc2ccccc2)cc1. The van der Waals surface area contributed by atoms with E-state index < -0.39 is 0 Å². The van der Waals surface area contributed by atoms with E-state index in [1.165, 1.54) is 6.92 Å². The number of nitrogens with one attached hydrogen (secondary N) is 1. The van der Waals surface area contributed by atoms with Crippen LogP contribution in [0.25, 0.3) is 0 Å². The number of Topliss-reactive ketones (excluding diaryl/α,β-unsaturated/α-hetero) is 1. The molecule has 0 aliphatic rings. The molecule has 5 nitrogen and oxygen atoms in total. The first-order chi connectivity index (χ1) is 14.0. The van der Waals surface area contributed by atoms with Crippen molar-refractivity contribution in [3.63, 3.8) is 0 Å². The number of nitrogens with zero attached hydrogens (tertiary/aromatic N) is 1. The molecule has 29 heavy (non-hydrogen) atoms. The normalized spacial score (nSPS) is 10.3. The number of methoxy groups -OCH3 is 1. The Kier molecular flexibility index (Phi) is 6.63. The number of carbonyl (C=O) groups excluding carboxylic acids is 2. The topological polar surface area (TPSA) is 58.6 Å². The number of carbonyl (C=O) groups is 2. The second-order valence-electron chi connectivity index (χ2n) is 6.72.